The molecular weight excluding hydrogens is 251 g/mol. The highest BCUT2D eigenvalue weighted by Gasteiger charge is 2.33. The average Bonchev–Trinajstić information content (AvgIpc) is 2.28. The number of hydrogen-bond donors (Lipinski definition) is 1. The summed E-state index contributed by atoms with van der Waals surface area (Å²) in [6.45, 7) is 6.90. The third-order valence-corrected chi connectivity index (χ3v) is 4.16. The number of nitrogens with two attached hydrogens (primary N) is 1. The highest BCUT2D eigenvalue weighted by Crippen LogP contribution is 2.29. The van der Waals surface area contributed by atoms with Crippen molar-refractivity contribution in [3.63, 3.8) is 0 Å². The van der Waals surface area contributed by atoms with Gasteiger partial charge in [-0.25, -0.2) is 4.39 Å². The van der Waals surface area contributed by atoms with Crippen LogP contribution in [-0.4, -0.2) is 24.0 Å². The minimum absolute atomic E-state index is 0.0953. The SMILES string of the molecule is CC1(C)CN(Cc2cc(F)ccc2Cl)CCC1N. The van der Waals surface area contributed by atoms with Gasteiger partial charge >= 0.3 is 0 Å². The average molecular weight is 271 g/mol. The van der Waals surface area contributed by atoms with Gasteiger partial charge < -0.3 is 5.73 Å². The van der Waals surface area contributed by atoms with E-state index in [2.05, 4.69) is 18.7 Å². The topological polar surface area (TPSA) is 29.3 Å². The Kier molecular flexibility index (Phi) is 3.95. The highest BCUT2D eigenvalue weighted by molar-refractivity contribution is 6.31. The summed E-state index contributed by atoms with van der Waals surface area (Å²) in [4.78, 5) is 2.30. The van der Waals surface area contributed by atoms with Crippen LogP contribution in [0.25, 0.3) is 0 Å². The van der Waals surface area contributed by atoms with Gasteiger partial charge in [0.15, 0.2) is 0 Å². The zero-order valence-corrected chi connectivity index (χ0v) is 11.7. The number of hydrogen-bond acceptors (Lipinski definition) is 2. The summed E-state index contributed by atoms with van der Waals surface area (Å²) in [5.41, 5.74) is 7.05. The molecule has 1 unspecified atom stereocenters. The minimum Gasteiger partial charge on any atom is -0.327 e. The Bertz CT molecular complexity index is 434. The molecule has 1 saturated heterocycles. The molecule has 1 aromatic rings. The van der Waals surface area contributed by atoms with Crippen molar-refractivity contribution in [1.29, 1.82) is 0 Å². The molecule has 1 heterocycles. The van der Waals surface area contributed by atoms with E-state index in [0.29, 0.717) is 11.6 Å². The van der Waals surface area contributed by atoms with E-state index in [1.807, 2.05) is 0 Å². The summed E-state index contributed by atoms with van der Waals surface area (Å²) in [5, 5.41) is 0.629. The maximum absolute atomic E-state index is 13.2. The first-order valence-corrected chi connectivity index (χ1v) is 6.68. The van der Waals surface area contributed by atoms with Gasteiger partial charge in [0, 0.05) is 30.7 Å². The summed E-state index contributed by atoms with van der Waals surface area (Å²) in [6, 6.07) is 4.76. The molecule has 0 radical (unpaired) electrons. The fraction of sp³-hybridized carbons (Fsp3) is 0.571. The molecule has 1 aliphatic rings. The fourth-order valence-corrected chi connectivity index (χ4v) is 2.70. The number of benzene rings is 1. The monoisotopic (exact) mass is 270 g/mol. The van der Waals surface area contributed by atoms with Crippen molar-refractivity contribution in [1.82, 2.24) is 4.90 Å². The summed E-state index contributed by atoms with van der Waals surface area (Å²) in [5.74, 6) is -0.234. The first-order valence-electron chi connectivity index (χ1n) is 6.30. The smallest absolute Gasteiger partial charge is 0.123 e. The number of rotatable bonds is 2. The largest absolute Gasteiger partial charge is 0.327 e. The first-order chi connectivity index (χ1) is 8.38. The predicted molar refractivity (Wildman–Crippen MR) is 73.1 cm³/mol. The van der Waals surface area contributed by atoms with Crippen LogP contribution >= 0.6 is 11.6 Å². The molecule has 0 amide bonds. The Labute approximate surface area is 113 Å². The molecule has 2 nitrogen and oxygen atoms in total. The number of likely N-dealkylation sites (tertiary alicyclic amines) is 1. The van der Waals surface area contributed by atoms with E-state index < -0.39 is 0 Å². The number of piperidine rings is 1. The van der Waals surface area contributed by atoms with Crippen molar-refractivity contribution in [3.05, 3.63) is 34.6 Å². The second kappa shape index (κ2) is 5.16. The maximum atomic E-state index is 13.2. The van der Waals surface area contributed by atoms with E-state index in [1.165, 1.54) is 12.1 Å². The van der Waals surface area contributed by atoms with Crippen LogP contribution in [0, 0.1) is 11.2 Å². The van der Waals surface area contributed by atoms with Crippen LogP contribution in [0.1, 0.15) is 25.8 Å². The minimum atomic E-state index is -0.234. The summed E-state index contributed by atoms with van der Waals surface area (Å²) in [7, 11) is 0. The van der Waals surface area contributed by atoms with Crippen molar-refractivity contribution < 1.29 is 4.39 Å². The summed E-state index contributed by atoms with van der Waals surface area (Å²) >= 11 is 6.10. The van der Waals surface area contributed by atoms with Gasteiger partial charge in [0.2, 0.25) is 0 Å². The lowest BCUT2D eigenvalue weighted by molar-refractivity contribution is 0.0898. The summed E-state index contributed by atoms with van der Waals surface area (Å²) in [6.07, 6.45) is 0.972. The van der Waals surface area contributed by atoms with E-state index in [0.717, 1.165) is 25.1 Å². The normalized spacial score (nSPS) is 24.2. The molecule has 4 heteroatoms. The van der Waals surface area contributed by atoms with Gasteiger partial charge in [-0.15, -0.1) is 0 Å². The lowest BCUT2D eigenvalue weighted by atomic mass is 9.79. The zero-order chi connectivity index (χ0) is 13.3. The number of nitrogens with zero attached hydrogens (tertiary/aromatic N) is 1. The first kappa shape index (κ1) is 13.8. The molecule has 0 saturated carbocycles. The van der Waals surface area contributed by atoms with E-state index in [-0.39, 0.29) is 17.3 Å². The Morgan fingerprint density at radius 1 is 1.50 bits per heavy atom. The van der Waals surface area contributed by atoms with Crippen LogP contribution in [0.4, 0.5) is 4.39 Å². The standard InChI is InChI=1S/C14H20ClFN2/c1-14(2)9-18(6-5-13(14)17)8-10-7-11(16)3-4-12(10)15/h3-4,7,13H,5-6,8-9,17H2,1-2H3. The predicted octanol–water partition coefficient (Wildman–Crippen LogP) is 3.04. The van der Waals surface area contributed by atoms with Crippen LogP contribution < -0.4 is 5.73 Å². The van der Waals surface area contributed by atoms with Crippen molar-refractivity contribution in [2.75, 3.05) is 13.1 Å². The Morgan fingerprint density at radius 2 is 2.22 bits per heavy atom. The molecule has 18 heavy (non-hydrogen) atoms. The lowest BCUT2D eigenvalue weighted by Crippen LogP contribution is -2.52. The Morgan fingerprint density at radius 3 is 2.89 bits per heavy atom. The fourth-order valence-electron chi connectivity index (χ4n) is 2.53. The van der Waals surface area contributed by atoms with Crippen LogP contribution in [0.5, 0.6) is 0 Å². The molecule has 1 atom stereocenters. The Hall–Kier alpha value is -0.640. The number of halogens is 2. The second-order valence-electron chi connectivity index (χ2n) is 5.83. The molecule has 1 aliphatic heterocycles. The van der Waals surface area contributed by atoms with Gasteiger partial charge in [0.25, 0.3) is 0 Å². The molecular formula is C14H20ClFN2. The van der Waals surface area contributed by atoms with Gasteiger partial charge in [-0.2, -0.15) is 0 Å². The molecule has 0 aliphatic carbocycles. The molecule has 2 N–H and O–H groups in total. The third-order valence-electron chi connectivity index (χ3n) is 3.79. The zero-order valence-electron chi connectivity index (χ0n) is 10.9. The lowest BCUT2D eigenvalue weighted by Gasteiger charge is -2.42. The molecule has 1 fully saturated rings. The van der Waals surface area contributed by atoms with E-state index >= 15 is 0 Å². The molecule has 0 bridgehead atoms. The quantitative estimate of drug-likeness (QED) is 0.895. The van der Waals surface area contributed by atoms with Gasteiger partial charge in [0.1, 0.15) is 5.82 Å². The van der Waals surface area contributed by atoms with Crippen LogP contribution in [0.15, 0.2) is 18.2 Å². The van der Waals surface area contributed by atoms with Gasteiger partial charge in [0.05, 0.1) is 0 Å². The van der Waals surface area contributed by atoms with E-state index in [1.54, 1.807) is 6.07 Å². The van der Waals surface area contributed by atoms with Gasteiger partial charge in [-0.05, 0) is 35.6 Å². The van der Waals surface area contributed by atoms with Gasteiger partial charge in [-0.3, -0.25) is 4.90 Å². The van der Waals surface area contributed by atoms with Crippen molar-refractivity contribution in [3.8, 4) is 0 Å². The van der Waals surface area contributed by atoms with E-state index in [4.69, 9.17) is 17.3 Å². The highest BCUT2D eigenvalue weighted by atomic mass is 35.5. The van der Waals surface area contributed by atoms with Crippen molar-refractivity contribution >= 4 is 11.6 Å². The molecule has 0 spiro atoms. The molecule has 2 rings (SSSR count). The van der Waals surface area contributed by atoms with Crippen molar-refractivity contribution in [2.45, 2.75) is 32.9 Å². The van der Waals surface area contributed by atoms with Crippen molar-refractivity contribution in [2.24, 2.45) is 11.1 Å². The van der Waals surface area contributed by atoms with Gasteiger partial charge in [-0.1, -0.05) is 25.4 Å². The molecule has 1 aromatic carbocycles. The van der Waals surface area contributed by atoms with Crippen LogP contribution in [-0.2, 0) is 6.54 Å². The third kappa shape index (κ3) is 3.02. The maximum Gasteiger partial charge on any atom is 0.123 e. The molecule has 0 aromatic heterocycles. The Balaban J connectivity index is 2.08. The summed E-state index contributed by atoms with van der Waals surface area (Å²) < 4.78 is 13.2. The van der Waals surface area contributed by atoms with E-state index in [9.17, 15) is 4.39 Å². The molecule has 100 valence electrons. The van der Waals surface area contributed by atoms with Crippen LogP contribution in [0.2, 0.25) is 5.02 Å². The van der Waals surface area contributed by atoms with Crippen LogP contribution in [0.3, 0.4) is 0 Å². The second-order valence-corrected chi connectivity index (χ2v) is 6.24.